The molecule has 1 saturated carbocycles. The van der Waals surface area contributed by atoms with Gasteiger partial charge in [0.25, 0.3) is 5.91 Å². The molecule has 0 heterocycles. The van der Waals surface area contributed by atoms with Gasteiger partial charge in [-0.1, -0.05) is 109 Å². The summed E-state index contributed by atoms with van der Waals surface area (Å²) < 4.78 is 0. The summed E-state index contributed by atoms with van der Waals surface area (Å²) in [6, 6.07) is 9.92. The van der Waals surface area contributed by atoms with Crippen molar-refractivity contribution < 1.29 is 9.90 Å². The van der Waals surface area contributed by atoms with Crippen molar-refractivity contribution in [2.24, 2.45) is 11.7 Å². The van der Waals surface area contributed by atoms with Gasteiger partial charge in [-0.3, -0.25) is 15.2 Å². The minimum absolute atomic E-state index is 0.271. The molecule has 2 rings (SSSR count). The maximum absolute atomic E-state index is 13.0. The van der Waals surface area contributed by atoms with Crippen molar-refractivity contribution in [3.05, 3.63) is 30.3 Å². The Morgan fingerprint density at radius 1 is 0.970 bits per heavy atom. The van der Waals surface area contributed by atoms with E-state index in [1.807, 2.05) is 42.3 Å². The first-order chi connectivity index (χ1) is 16.0. The van der Waals surface area contributed by atoms with Crippen molar-refractivity contribution >= 4 is 11.6 Å². The van der Waals surface area contributed by atoms with E-state index < -0.39 is 11.6 Å². The molecule has 5 nitrogen and oxygen atoms in total. The zero-order chi connectivity index (χ0) is 23.9. The van der Waals surface area contributed by atoms with Crippen LogP contribution in [0.15, 0.2) is 30.3 Å². The van der Waals surface area contributed by atoms with Gasteiger partial charge in [0, 0.05) is 18.0 Å². The number of hydrogen-bond donors (Lipinski definition) is 3. The molecular weight excluding hydrogens is 410 g/mol. The lowest BCUT2D eigenvalue weighted by atomic mass is 9.72. The molecule has 33 heavy (non-hydrogen) atoms. The maximum Gasteiger partial charge on any atom is 0.267 e. The van der Waals surface area contributed by atoms with Crippen LogP contribution >= 0.6 is 0 Å². The lowest BCUT2D eigenvalue weighted by Crippen LogP contribution is -2.57. The lowest BCUT2D eigenvalue weighted by Gasteiger charge is -2.41. The third-order valence-electron chi connectivity index (χ3n) is 7.48. The summed E-state index contributed by atoms with van der Waals surface area (Å²) in [5.41, 5.74) is 10.1. The van der Waals surface area contributed by atoms with Crippen LogP contribution in [-0.4, -0.2) is 29.2 Å². The number of anilines is 1. The Bertz CT molecular complexity index is 646. The average Bonchev–Trinajstić information content (AvgIpc) is 2.84. The second-order valence-corrected chi connectivity index (χ2v) is 10.2. The number of aliphatic hydroxyl groups is 1. The molecule has 0 radical (unpaired) electrons. The molecule has 1 aromatic rings. The predicted molar refractivity (Wildman–Crippen MR) is 139 cm³/mol. The first-order valence-electron chi connectivity index (χ1n) is 13.6. The molecule has 0 aromatic heterocycles. The molecule has 0 aliphatic heterocycles. The van der Waals surface area contributed by atoms with E-state index >= 15 is 0 Å². The van der Waals surface area contributed by atoms with Gasteiger partial charge in [-0.05, 0) is 31.4 Å². The van der Waals surface area contributed by atoms with Gasteiger partial charge >= 0.3 is 0 Å². The van der Waals surface area contributed by atoms with Gasteiger partial charge in [0.2, 0.25) is 0 Å². The number of nitrogens with zero attached hydrogens (tertiary/aromatic N) is 1. The number of benzene rings is 1. The summed E-state index contributed by atoms with van der Waals surface area (Å²) in [7, 11) is 0. The van der Waals surface area contributed by atoms with E-state index in [0.29, 0.717) is 0 Å². The lowest BCUT2D eigenvalue weighted by molar-refractivity contribution is -0.133. The minimum Gasteiger partial charge on any atom is -0.383 e. The molecule has 1 unspecified atom stereocenters. The first kappa shape index (κ1) is 27.7. The molecule has 188 valence electrons. The molecule has 1 amide bonds. The Labute approximate surface area is 202 Å². The molecule has 0 spiro atoms. The number of carbonyl (C=O) groups is 1. The van der Waals surface area contributed by atoms with Gasteiger partial charge in [-0.15, -0.1) is 0 Å². The second-order valence-electron chi connectivity index (χ2n) is 10.2. The van der Waals surface area contributed by atoms with Crippen LogP contribution in [0.2, 0.25) is 0 Å². The zero-order valence-corrected chi connectivity index (χ0v) is 21.2. The summed E-state index contributed by atoms with van der Waals surface area (Å²) in [6.07, 6.45) is 16.8. The van der Waals surface area contributed by atoms with E-state index in [1.165, 1.54) is 57.8 Å². The molecule has 1 aliphatic carbocycles. The molecule has 0 bridgehead atoms. The number of rotatable bonds is 16. The van der Waals surface area contributed by atoms with Gasteiger partial charge in [-0.2, -0.15) is 0 Å². The molecule has 0 saturated heterocycles. The standard InChI is InChI=1S/C28H49N3O2/c1-3-4-5-6-7-8-9-10-11-18-23-31(25-19-14-12-15-20-25)30-27(33)26(32)24(2)28(29)21-16-13-17-22-28/h12,14-15,19-20,24,26,32H,3-11,13,16-18,21-23,29H2,1-2H3,(H,30,33)/t24-,26?/m0/s1. The van der Waals surface area contributed by atoms with Crippen molar-refractivity contribution in [3.63, 3.8) is 0 Å². The summed E-state index contributed by atoms with van der Waals surface area (Å²) in [5.74, 6) is -0.624. The Hall–Kier alpha value is -1.59. The minimum atomic E-state index is -1.10. The maximum atomic E-state index is 13.0. The smallest absolute Gasteiger partial charge is 0.267 e. The van der Waals surface area contributed by atoms with Crippen LogP contribution in [0.1, 0.15) is 110 Å². The number of carbonyl (C=O) groups excluding carboxylic acids is 1. The summed E-state index contributed by atoms with van der Waals surface area (Å²) in [4.78, 5) is 13.0. The van der Waals surface area contributed by atoms with E-state index in [0.717, 1.165) is 50.8 Å². The molecular formula is C28H49N3O2. The molecule has 5 heteroatoms. The van der Waals surface area contributed by atoms with Crippen molar-refractivity contribution in [1.29, 1.82) is 0 Å². The molecule has 4 N–H and O–H groups in total. The van der Waals surface area contributed by atoms with Crippen molar-refractivity contribution in [2.45, 2.75) is 122 Å². The number of nitrogens with two attached hydrogens (primary N) is 1. The van der Waals surface area contributed by atoms with Gasteiger partial charge in [0.15, 0.2) is 0 Å². The SMILES string of the molecule is CCCCCCCCCCCCN(NC(=O)C(O)[C@H](C)C1(N)CCCCC1)c1ccccc1. The fourth-order valence-electron chi connectivity index (χ4n) is 5.02. The van der Waals surface area contributed by atoms with Crippen LogP contribution in [0.4, 0.5) is 5.69 Å². The van der Waals surface area contributed by atoms with Crippen LogP contribution in [0, 0.1) is 5.92 Å². The topological polar surface area (TPSA) is 78.6 Å². The highest BCUT2D eigenvalue weighted by molar-refractivity contribution is 5.82. The van der Waals surface area contributed by atoms with Crippen molar-refractivity contribution in [2.75, 3.05) is 11.6 Å². The van der Waals surface area contributed by atoms with E-state index in [9.17, 15) is 9.90 Å². The number of para-hydroxylation sites is 1. The Morgan fingerprint density at radius 3 is 2.09 bits per heavy atom. The number of hydrogen-bond acceptors (Lipinski definition) is 4. The van der Waals surface area contributed by atoms with Crippen LogP contribution in [0.5, 0.6) is 0 Å². The fraction of sp³-hybridized carbons (Fsp3) is 0.750. The predicted octanol–water partition coefficient (Wildman–Crippen LogP) is 6.10. The molecule has 1 fully saturated rings. The summed E-state index contributed by atoms with van der Waals surface area (Å²) in [5, 5.41) is 12.7. The van der Waals surface area contributed by atoms with Gasteiger partial charge < -0.3 is 10.8 Å². The molecule has 1 aliphatic rings. The van der Waals surface area contributed by atoms with Crippen LogP contribution < -0.4 is 16.2 Å². The van der Waals surface area contributed by atoms with Crippen LogP contribution in [0.3, 0.4) is 0 Å². The average molecular weight is 460 g/mol. The zero-order valence-electron chi connectivity index (χ0n) is 21.2. The fourth-order valence-corrected chi connectivity index (χ4v) is 5.02. The third kappa shape index (κ3) is 9.66. The van der Waals surface area contributed by atoms with Crippen molar-refractivity contribution in [1.82, 2.24) is 5.43 Å². The quantitative estimate of drug-likeness (QED) is 0.206. The normalized spacial score (nSPS) is 17.3. The van der Waals surface area contributed by atoms with Crippen LogP contribution in [-0.2, 0) is 4.79 Å². The van der Waals surface area contributed by atoms with E-state index in [-0.39, 0.29) is 11.8 Å². The number of unbranched alkanes of at least 4 members (excludes halogenated alkanes) is 9. The molecule has 2 atom stereocenters. The Balaban J connectivity index is 1.80. The number of aliphatic hydroxyl groups excluding tert-OH is 1. The number of amides is 1. The van der Waals surface area contributed by atoms with Crippen LogP contribution in [0.25, 0.3) is 0 Å². The highest BCUT2D eigenvalue weighted by Gasteiger charge is 2.40. The first-order valence-corrected chi connectivity index (χ1v) is 13.6. The van der Waals surface area contributed by atoms with Gasteiger partial charge in [0.1, 0.15) is 6.10 Å². The summed E-state index contributed by atoms with van der Waals surface area (Å²) >= 11 is 0. The Morgan fingerprint density at radius 2 is 1.52 bits per heavy atom. The monoisotopic (exact) mass is 459 g/mol. The molecule has 1 aromatic carbocycles. The number of hydrazine groups is 1. The highest BCUT2D eigenvalue weighted by atomic mass is 16.3. The van der Waals surface area contributed by atoms with Gasteiger partial charge in [0.05, 0.1) is 5.69 Å². The third-order valence-corrected chi connectivity index (χ3v) is 7.48. The van der Waals surface area contributed by atoms with E-state index in [4.69, 9.17) is 5.73 Å². The van der Waals surface area contributed by atoms with Gasteiger partial charge in [-0.25, -0.2) is 0 Å². The largest absolute Gasteiger partial charge is 0.383 e. The highest BCUT2D eigenvalue weighted by Crippen LogP contribution is 2.34. The second kappa shape index (κ2) is 15.3. The summed E-state index contributed by atoms with van der Waals surface area (Å²) in [6.45, 7) is 4.92. The van der Waals surface area contributed by atoms with E-state index in [2.05, 4.69) is 12.3 Å². The number of nitrogens with one attached hydrogen (secondary N) is 1. The van der Waals surface area contributed by atoms with E-state index in [1.54, 1.807) is 0 Å². The Kier molecular flexibility index (Phi) is 12.9. The van der Waals surface area contributed by atoms with Crippen molar-refractivity contribution in [3.8, 4) is 0 Å².